The highest BCUT2D eigenvalue weighted by molar-refractivity contribution is 6.37. The zero-order valence-corrected chi connectivity index (χ0v) is 19.1. The molecule has 3 rings (SSSR count). The quantitative estimate of drug-likeness (QED) is 0.449. The third-order valence-corrected chi connectivity index (χ3v) is 6.06. The summed E-state index contributed by atoms with van der Waals surface area (Å²) in [6.45, 7) is 3.44. The molecule has 168 valence electrons. The van der Waals surface area contributed by atoms with E-state index in [1.807, 2.05) is 6.92 Å². The minimum Gasteiger partial charge on any atom is -0.462 e. The number of nitrogens with one attached hydrogen (secondary N) is 2. The Morgan fingerprint density at radius 1 is 1.13 bits per heavy atom. The molecule has 1 saturated carbocycles. The lowest BCUT2D eigenvalue weighted by Crippen LogP contribution is -2.46. The minimum atomic E-state index is -0.802. The first-order valence-corrected chi connectivity index (χ1v) is 11.2. The van der Waals surface area contributed by atoms with Gasteiger partial charge >= 0.3 is 18.0 Å². The summed E-state index contributed by atoms with van der Waals surface area (Å²) in [5.41, 5.74) is 1.28. The van der Waals surface area contributed by atoms with Crippen molar-refractivity contribution < 1.29 is 23.9 Å². The van der Waals surface area contributed by atoms with Crippen LogP contribution < -0.4 is 15.4 Å². The maximum Gasteiger partial charge on any atom is 0.338 e. The molecule has 1 atom stereocenters. The van der Waals surface area contributed by atoms with Crippen LogP contribution in [0.3, 0.4) is 0 Å². The van der Waals surface area contributed by atoms with Crippen LogP contribution in [0.1, 0.15) is 64.0 Å². The van der Waals surface area contributed by atoms with Crippen LogP contribution in [0.15, 0.2) is 23.4 Å². The van der Waals surface area contributed by atoms with Gasteiger partial charge in [-0.1, -0.05) is 49.4 Å². The summed E-state index contributed by atoms with van der Waals surface area (Å²) in [5, 5.41) is 5.63. The zero-order valence-electron chi connectivity index (χ0n) is 17.6. The van der Waals surface area contributed by atoms with Crippen LogP contribution in [-0.4, -0.2) is 24.6 Å². The molecule has 0 spiro atoms. The van der Waals surface area contributed by atoms with E-state index in [-0.39, 0.29) is 15.8 Å². The lowest BCUT2D eigenvalue weighted by Gasteiger charge is -2.30. The number of halogens is 2. The van der Waals surface area contributed by atoms with Crippen molar-refractivity contribution >= 4 is 41.2 Å². The lowest BCUT2D eigenvalue weighted by atomic mass is 9.90. The van der Waals surface area contributed by atoms with E-state index < -0.39 is 24.0 Å². The van der Waals surface area contributed by atoms with Crippen molar-refractivity contribution in [3.63, 3.8) is 0 Å². The molecule has 1 heterocycles. The molecule has 1 aliphatic heterocycles. The average molecular weight is 469 g/mol. The monoisotopic (exact) mass is 468 g/mol. The normalized spacial score (nSPS) is 19.5. The van der Waals surface area contributed by atoms with Gasteiger partial charge in [0.25, 0.3) is 0 Å². The fraction of sp³-hybridized carbons (Fsp3) is 0.500. The molecule has 1 aromatic carbocycles. The minimum absolute atomic E-state index is 0.0287. The summed E-state index contributed by atoms with van der Waals surface area (Å²) in [7, 11) is 0. The second kappa shape index (κ2) is 10.4. The Balaban J connectivity index is 1.90. The molecule has 1 aliphatic carbocycles. The van der Waals surface area contributed by atoms with Gasteiger partial charge in [-0.05, 0) is 42.9 Å². The predicted molar refractivity (Wildman–Crippen MR) is 117 cm³/mol. The van der Waals surface area contributed by atoms with E-state index in [2.05, 4.69) is 10.6 Å². The third-order valence-electron chi connectivity index (χ3n) is 5.50. The van der Waals surface area contributed by atoms with Gasteiger partial charge in [-0.2, -0.15) is 0 Å². The van der Waals surface area contributed by atoms with E-state index in [1.165, 1.54) is 25.5 Å². The zero-order chi connectivity index (χ0) is 22.5. The Morgan fingerprint density at radius 2 is 1.77 bits per heavy atom. The van der Waals surface area contributed by atoms with Gasteiger partial charge in [0, 0.05) is 12.6 Å². The number of carbonyl (C=O) groups is 3. The smallest absolute Gasteiger partial charge is 0.338 e. The molecule has 1 aromatic rings. The van der Waals surface area contributed by atoms with Crippen molar-refractivity contribution in [2.45, 2.75) is 58.4 Å². The molecular formula is C22H26Cl2N2O5. The SMILES string of the molecule is CCC1=C(C(=O)OCC2CCCCC2)C(c2cc(Cl)c(OC(C)=O)c(Cl)c2)NC(=O)N1. The number of hydrogen-bond acceptors (Lipinski definition) is 5. The number of allylic oxidation sites excluding steroid dienone is 1. The number of rotatable bonds is 6. The number of urea groups is 1. The van der Waals surface area contributed by atoms with Crippen LogP contribution in [0.25, 0.3) is 0 Å². The summed E-state index contributed by atoms with van der Waals surface area (Å²) in [4.78, 5) is 36.6. The van der Waals surface area contributed by atoms with Crippen molar-refractivity contribution in [3.8, 4) is 5.75 Å². The lowest BCUT2D eigenvalue weighted by molar-refractivity contribution is -0.141. The molecule has 1 fully saturated rings. The van der Waals surface area contributed by atoms with Crippen molar-refractivity contribution in [2.24, 2.45) is 5.92 Å². The van der Waals surface area contributed by atoms with Crippen molar-refractivity contribution in [1.29, 1.82) is 0 Å². The topological polar surface area (TPSA) is 93.7 Å². The largest absolute Gasteiger partial charge is 0.462 e. The molecule has 7 nitrogen and oxygen atoms in total. The van der Waals surface area contributed by atoms with Crippen molar-refractivity contribution in [1.82, 2.24) is 10.6 Å². The number of esters is 2. The Labute approximate surface area is 191 Å². The molecule has 2 N–H and O–H groups in total. The molecule has 0 saturated heterocycles. The fourth-order valence-corrected chi connectivity index (χ4v) is 4.58. The van der Waals surface area contributed by atoms with Crippen molar-refractivity contribution in [2.75, 3.05) is 6.61 Å². The number of amides is 2. The van der Waals surface area contributed by atoms with E-state index in [9.17, 15) is 14.4 Å². The Morgan fingerprint density at radius 3 is 2.35 bits per heavy atom. The van der Waals surface area contributed by atoms with Gasteiger partial charge in [-0.15, -0.1) is 0 Å². The van der Waals surface area contributed by atoms with E-state index in [0.29, 0.717) is 35.8 Å². The molecule has 9 heteroatoms. The van der Waals surface area contributed by atoms with Gasteiger partial charge in [0.15, 0.2) is 5.75 Å². The highest BCUT2D eigenvalue weighted by atomic mass is 35.5. The van der Waals surface area contributed by atoms with Crippen molar-refractivity contribution in [3.05, 3.63) is 39.0 Å². The van der Waals surface area contributed by atoms with Gasteiger partial charge in [-0.25, -0.2) is 9.59 Å². The summed E-state index contributed by atoms with van der Waals surface area (Å²) >= 11 is 12.5. The average Bonchev–Trinajstić information content (AvgIpc) is 2.74. The van der Waals surface area contributed by atoms with E-state index >= 15 is 0 Å². The number of hydrogen-bond donors (Lipinski definition) is 2. The molecule has 0 bridgehead atoms. The molecule has 0 radical (unpaired) electrons. The first-order chi connectivity index (χ1) is 14.8. The van der Waals surface area contributed by atoms with Gasteiger partial charge in [0.2, 0.25) is 0 Å². The number of carbonyl (C=O) groups excluding carboxylic acids is 3. The molecule has 2 aliphatic rings. The van der Waals surface area contributed by atoms with Crippen LogP contribution in [0, 0.1) is 5.92 Å². The summed E-state index contributed by atoms with van der Waals surface area (Å²) in [6, 6.07) is 1.79. The van der Waals surface area contributed by atoms with Gasteiger partial charge in [0.05, 0.1) is 28.3 Å². The van der Waals surface area contributed by atoms with Crippen LogP contribution >= 0.6 is 23.2 Å². The first-order valence-electron chi connectivity index (χ1n) is 10.4. The molecule has 1 unspecified atom stereocenters. The maximum atomic E-state index is 13.1. The first kappa shape index (κ1) is 23.4. The maximum absolute atomic E-state index is 13.1. The van der Waals surface area contributed by atoms with E-state index in [4.69, 9.17) is 32.7 Å². The van der Waals surface area contributed by atoms with Crippen LogP contribution in [0.4, 0.5) is 4.79 Å². The highest BCUT2D eigenvalue weighted by Crippen LogP contribution is 2.39. The van der Waals surface area contributed by atoms with Crippen LogP contribution in [0.5, 0.6) is 5.75 Å². The Hall–Kier alpha value is -2.25. The molecular weight excluding hydrogens is 443 g/mol. The third kappa shape index (κ3) is 5.71. The van der Waals surface area contributed by atoms with E-state index in [0.717, 1.165) is 25.7 Å². The van der Waals surface area contributed by atoms with Gasteiger partial charge in [0.1, 0.15) is 0 Å². The van der Waals surface area contributed by atoms with Gasteiger partial charge < -0.3 is 20.1 Å². The molecule has 31 heavy (non-hydrogen) atoms. The Kier molecular flexibility index (Phi) is 7.84. The second-order valence-corrected chi connectivity index (χ2v) is 8.60. The molecule has 2 amide bonds. The Bertz CT molecular complexity index is 886. The van der Waals surface area contributed by atoms with Crippen LogP contribution in [0.2, 0.25) is 10.0 Å². The summed E-state index contributed by atoms with van der Waals surface area (Å²) in [6.07, 6.45) is 6.06. The number of benzene rings is 1. The van der Waals surface area contributed by atoms with Gasteiger partial charge in [-0.3, -0.25) is 4.79 Å². The summed E-state index contributed by atoms with van der Waals surface area (Å²) in [5.74, 6) is -0.663. The number of ether oxygens (including phenoxy) is 2. The molecule has 0 aromatic heterocycles. The summed E-state index contributed by atoms with van der Waals surface area (Å²) < 4.78 is 10.7. The van der Waals surface area contributed by atoms with E-state index in [1.54, 1.807) is 0 Å². The highest BCUT2D eigenvalue weighted by Gasteiger charge is 2.34. The predicted octanol–water partition coefficient (Wildman–Crippen LogP) is 5.06. The van der Waals surface area contributed by atoms with Crippen LogP contribution in [-0.2, 0) is 14.3 Å². The fourth-order valence-electron chi connectivity index (χ4n) is 4.00. The standard InChI is InChI=1S/C22H26Cl2N2O5/c1-3-17-18(21(28)30-11-13-7-5-4-6-8-13)19(26-22(29)25-17)14-9-15(23)20(16(24)10-14)31-12(2)27/h9-10,13,19H,3-8,11H2,1-2H3,(H2,25,26,29). The second-order valence-electron chi connectivity index (χ2n) is 7.79.